The fourth-order valence-electron chi connectivity index (χ4n) is 3.72. The Kier molecular flexibility index (Phi) is 3.28. The molecule has 117 valence electrons. The summed E-state index contributed by atoms with van der Waals surface area (Å²) in [5.41, 5.74) is 7.74. The monoisotopic (exact) mass is 317 g/mol. The van der Waals surface area contributed by atoms with Crippen LogP contribution < -0.4 is 0 Å². The second-order valence-electron chi connectivity index (χ2n) is 6.44. The van der Waals surface area contributed by atoms with Crippen molar-refractivity contribution in [3.8, 4) is 22.3 Å². The first-order valence-electron chi connectivity index (χ1n) is 8.63. The molecule has 0 amide bonds. The molecule has 0 nitrogen and oxygen atoms in total. The van der Waals surface area contributed by atoms with Crippen LogP contribution in [0.2, 0.25) is 0 Å². The molecule has 5 rings (SSSR count). The predicted octanol–water partition coefficient (Wildman–Crippen LogP) is 6.75. The molecule has 0 saturated carbocycles. The van der Waals surface area contributed by atoms with E-state index >= 15 is 0 Å². The Bertz CT molecular complexity index is 1120. The smallest absolute Gasteiger partial charge is 0.0131 e. The Balaban J connectivity index is 1.73. The van der Waals surface area contributed by atoms with Gasteiger partial charge in [0.2, 0.25) is 0 Å². The van der Waals surface area contributed by atoms with Crippen molar-refractivity contribution in [3.63, 3.8) is 0 Å². The molecule has 0 aromatic heterocycles. The van der Waals surface area contributed by atoms with Crippen LogP contribution >= 0.6 is 0 Å². The zero-order valence-corrected chi connectivity index (χ0v) is 13.8. The van der Waals surface area contributed by atoms with Gasteiger partial charge in [-0.2, -0.15) is 0 Å². The molecule has 0 fully saturated rings. The third kappa shape index (κ3) is 2.38. The highest BCUT2D eigenvalue weighted by molar-refractivity contribution is 5.93. The van der Waals surface area contributed by atoms with Crippen LogP contribution in [-0.4, -0.2) is 0 Å². The van der Waals surface area contributed by atoms with Crippen LogP contribution in [-0.2, 0) is 0 Å². The third-order valence-corrected chi connectivity index (χ3v) is 4.96. The van der Waals surface area contributed by atoms with Crippen LogP contribution in [0.4, 0.5) is 0 Å². The summed E-state index contributed by atoms with van der Waals surface area (Å²) in [6, 6.07) is 30.5. The Morgan fingerprint density at radius 1 is 0.520 bits per heavy atom. The molecule has 4 aromatic carbocycles. The van der Waals surface area contributed by atoms with E-state index in [4.69, 9.17) is 0 Å². The van der Waals surface area contributed by atoms with Gasteiger partial charge in [0.25, 0.3) is 0 Å². The molecule has 1 aliphatic carbocycles. The van der Waals surface area contributed by atoms with Crippen LogP contribution in [0.3, 0.4) is 0 Å². The topological polar surface area (TPSA) is 0 Å². The van der Waals surface area contributed by atoms with E-state index in [0.717, 1.165) is 0 Å². The summed E-state index contributed by atoms with van der Waals surface area (Å²) in [5.74, 6) is 0. The van der Waals surface area contributed by atoms with Gasteiger partial charge in [0.05, 0.1) is 0 Å². The van der Waals surface area contributed by atoms with Crippen molar-refractivity contribution < 1.29 is 0 Å². The maximum atomic E-state index is 2.29. The minimum atomic E-state index is 1.26. The average molecular weight is 317 g/mol. The SMILES string of the molecule is [CH]1C=Cc2c1cccc2-c1ccccc1-c1ccc2ccccc2c1. The lowest BCUT2D eigenvalue weighted by Crippen LogP contribution is -1.90. The van der Waals surface area contributed by atoms with Gasteiger partial charge in [-0.25, -0.2) is 0 Å². The zero-order valence-electron chi connectivity index (χ0n) is 13.8. The number of hydrogen-bond donors (Lipinski definition) is 0. The van der Waals surface area contributed by atoms with Crippen LogP contribution in [0.15, 0.2) is 91.0 Å². The highest BCUT2D eigenvalue weighted by Crippen LogP contribution is 2.38. The van der Waals surface area contributed by atoms with Gasteiger partial charge >= 0.3 is 0 Å². The molecule has 0 spiro atoms. The maximum absolute atomic E-state index is 2.29. The third-order valence-electron chi connectivity index (χ3n) is 4.96. The van der Waals surface area contributed by atoms with Crippen LogP contribution in [0, 0.1) is 6.42 Å². The molecule has 0 heterocycles. The number of hydrogen-bond acceptors (Lipinski definition) is 0. The zero-order chi connectivity index (χ0) is 16.6. The molecule has 0 atom stereocenters. The fraction of sp³-hybridized carbons (Fsp3) is 0. The molecule has 0 N–H and O–H groups in total. The molecule has 0 aliphatic heterocycles. The molecule has 0 heteroatoms. The first kappa shape index (κ1) is 14.2. The summed E-state index contributed by atoms with van der Waals surface area (Å²) in [5, 5.41) is 2.56. The Hall–Kier alpha value is -3.12. The highest BCUT2D eigenvalue weighted by atomic mass is 14.2. The molecular weight excluding hydrogens is 300 g/mol. The van der Waals surface area contributed by atoms with Crippen LogP contribution in [0.1, 0.15) is 11.1 Å². The van der Waals surface area contributed by atoms with Gasteiger partial charge in [-0.1, -0.05) is 91.0 Å². The summed E-state index contributed by atoms with van der Waals surface area (Å²) >= 11 is 0. The Morgan fingerprint density at radius 2 is 1.28 bits per heavy atom. The van der Waals surface area contributed by atoms with E-state index in [9.17, 15) is 0 Å². The standard InChI is InChI=1S/C25H17/c1-2-8-20-17-21(16-15-18(20)7-1)23-11-3-4-12-24(23)25-14-6-10-19-9-5-13-22(19)25/h1-17H. The molecular formula is C25H17. The summed E-state index contributed by atoms with van der Waals surface area (Å²) in [4.78, 5) is 0. The Morgan fingerprint density at radius 3 is 2.20 bits per heavy atom. The summed E-state index contributed by atoms with van der Waals surface area (Å²) in [6.07, 6.45) is 6.52. The van der Waals surface area contributed by atoms with Crippen molar-refractivity contribution >= 4 is 16.8 Å². The van der Waals surface area contributed by atoms with E-state index in [2.05, 4.69) is 104 Å². The normalized spacial score (nSPS) is 12.5. The van der Waals surface area contributed by atoms with Crippen molar-refractivity contribution in [2.24, 2.45) is 0 Å². The van der Waals surface area contributed by atoms with E-state index in [-0.39, 0.29) is 0 Å². The van der Waals surface area contributed by atoms with Gasteiger partial charge in [-0.05, 0) is 50.2 Å². The van der Waals surface area contributed by atoms with Crippen molar-refractivity contribution in [2.45, 2.75) is 0 Å². The minimum absolute atomic E-state index is 1.26. The fourth-order valence-corrected chi connectivity index (χ4v) is 3.72. The highest BCUT2D eigenvalue weighted by Gasteiger charge is 2.14. The summed E-state index contributed by atoms with van der Waals surface area (Å²) in [7, 11) is 0. The maximum Gasteiger partial charge on any atom is 0.0131 e. The van der Waals surface area contributed by atoms with Gasteiger partial charge in [0, 0.05) is 6.42 Å². The lowest BCUT2D eigenvalue weighted by Gasteiger charge is -2.14. The van der Waals surface area contributed by atoms with Crippen molar-refractivity contribution in [1.29, 1.82) is 0 Å². The summed E-state index contributed by atoms with van der Waals surface area (Å²) < 4.78 is 0. The van der Waals surface area contributed by atoms with Crippen molar-refractivity contribution in [2.75, 3.05) is 0 Å². The van der Waals surface area contributed by atoms with E-state index in [1.165, 1.54) is 44.2 Å². The van der Waals surface area contributed by atoms with Gasteiger partial charge in [0.15, 0.2) is 0 Å². The second kappa shape index (κ2) is 5.75. The summed E-state index contributed by atoms with van der Waals surface area (Å²) in [6.45, 7) is 0. The predicted molar refractivity (Wildman–Crippen MR) is 107 cm³/mol. The largest absolute Gasteiger partial charge is 0.0754 e. The van der Waals surface area contributed by atoms with Gasteiger partial charge in [-0.3, -0.25) is 0 Å². The first-order chi connectivity index (χ1) is 12.4. The lowest BCUT2D eigenvalue weighted by molar-refractivity contribution is 1.52. The molecule has 1 aliphatic rings. The van der Waals surface area contributed by atoms with E-state index in [0.29, 0.717) is 0 Å². The van der Waals surface area contributed by atoms with Crippen molar-refractivity contribution in [1.82, 2.24) is 0 Å². The van der Waals surface area contributed by atoms with Gasteiger partial charge in [-0.15, -0.1) is 0 Å². The Labute approximate surface area is 148 Å². The van der Waals surface area contributed by atoms with Gasteiger partial charge < -0.3 is 0 Å². The minimum Gasteiger partial charge on any atom is -0.0754 e. The number of allylic oxidation sites excluding steroid dienone is 1. The average Bonchev–Trinajstić information content (AvgIpc) is 3.16. The quantitative estimate of drug-likeness (QED) is 0.383. The molecule has 25 heavy (non-hydrogen) atoms. The molecule has 4 aromatic rings. The first-order valence-corrected chi connectivity index (χ1v) is 8.63. The van der Waals surface area contributed by atoms with E-state index < -0.39 is 0 Å². The second-order valence-corrected chi connectivity index (χ2v) is 6.44. The van der Waals surface area contributed by atoms with Gasteiger partial charge in [0.1, 0.15) is 0 Å². The van der Waals surface area contributed by atoms with Crippen LogP contribution in [0.25, 0.3) is 39.1 Å². The van der Waals surface area contributed by atoms with Crippen LogP contribution in [0.5, 0.6) is 0 Å². The molecule has 0 bridgehead atoms. The molecule has 0 unspecified atom stereocenters. The number of rotatable bonds is 2. The van der Waals surface area contributed by atoms with E-state index in [1.54, 1.807) is 0 Å². The molecule has 1 radical (unpaired) electrons. The lowest BCUT2D eigenvalue weighted by atomic mass is 9.90. The molecule has 0 saturated heterocycles. The van der Waals surface area contributed by atoms with E-state index in [1.807, 2.05) is 0 Å². The number of benzene rings is 4. The van der Waals surface area contributed by atoms with Crippen molar-refractivity contribution in [3.05, 3.63) is 109 Å². The number of fused-ring (bicyclic) bond motifs is 2.